The van der Waals surface area contributed by atoms with E-state index < -0.39 is 12.1 Å². The maximum atomic E-state index is 11.2. The van der Waals surface area contributed by atoms with Crippen LogP contribution in [0.5, 0.6) is 5.75 Å². The van der Waals surface area contributed by atoms with E-state index in [4.69, 9.17) is 14.6 Å². The molecule has 1 atom stereocenters. The molecule has 0 spiro atoms. The van der Waals surface area contributed by atoms with Crippen molar-refractivity contribution in [1.82, 2.24) is 4.98 Å². The first-order valence-corrected chi connectivity index (χ1v) is 9.24. The lowest BCUT2D eigenvalue weighted by Crippen LogP contribution is -2.26. The Morgan fingerprint density at radius 3 is 2.64 bits per heavy atom. The average Bonchev–Trinajstić information content (AvgIpc) is 2.72. The number of hydrogen-bond donors (Lipinski definition) is 1. The molecular weight excluding hydrogens is 354 g/mol. The van der Waals surface area contributed by atoms with E-state index >= 15 is 0 Å². The molecule has 0 aliphatic carbocycles. The number of aliphatic carboxylic acids is 1. The van der Waals surface area contributed by atoms with Crippen molar-refractivity contribution in [2.75, 3.05) is 13.2 Å². The summed E-state index contributed by atoms with van der Waals surface area (Å²) in [5.41, 5.74) is 2.74. The van der Waals surface area contributed by atoms with E-state index in [1.165, 1.54) is 0 Å². The molecule has 0 amide bonds. The summed E-state index contributed by atoms with van der Waals surface area (Å²) in [6.45, 7) is 2.58. The van der Waals surface area contributed by atoms with Gasteiger partial charge in [0.2, 0.25) is 0 Å². The summed E-state index contributed by atoms with van der Waals surface area (Å²) in [5.74, 6) is -0.224. The highest BCUT2D eigenvalue weighted by molar-refractivity contribution is 5.79. The zero-order chi connectivity index (χ0) is 19.8. The fourth-order valence-corrected chi connectivity index (χ4v) is 2.84. The number of pyridine rings is 1. The molecule has 0 aliphatic rings. The summed E-state index contributed by atoms with van der Waals surface area (Å²) in [6.07, 6.45) is 3.35. The third-order valence-corrected chi connectivity index (χ3v) is 4.24. The Kier molecular flexibility index (Phi) is 6.76. The van der Waals surface area contributed by atoms with E-state index in [2.05, 4.69) is 4.98 Å². The van der Waals surface area contributed by atoms with Crippen molar-refractivity contribution in [3.63, 3.8) is 0 Å². The van der Waals surface area contributed by atoms with Crippen LogP contribution in [0.15, 0.2) is 66.7 Å². The summed E-state index contributed by atoms with van der Waals surface area (Å²) >= 11 is 0. The van der Waals surface area contributed by atoms with Crippen LogP contribution < -0.4 is 4.74 Å². The zero-order valence-corrected chi connectivity index (χ0v) is 15.7. The van der Waals surface area contributed by atoms with Crippen molar-refractivity contribution in [3.05, 3.63) is 78.0 Å². The molecule has 0 saturated carbocycles. The van der Waals surface area contributed by atoms with Gasteiger partial charge in [0.05, 0.1) is 11.2 Å². The molecule has 1 aromatic heterocycles. The van der Waals surface area contributed by atoms with Gasteiger partial charge in [-0.1, -0.05) is 36.4 Å². The number of carbonyl (C=O) groups is 1. The highest BCUT2D eigenvalue weighted by Gasteiger charge is 2.17. The molecule has 0 saturated heterocycles. The van der Waals surface area contributed by atoms with Gasteiger partial charge in [0.25, 0.3) is 0 Å². The van der Waals surface area contributed by atoms with Crippen molar-refractivity contribution in [3.8, 4) is 5.75 Å². The van der Waals surface area contributed by atoms with Gasteiger partial charge in [-0.3, -0.25) is 0 Å². The van der Waals surface area contributed by atoms with Crippen LogP contribution >= 0.6 is 0 Å². The van der Waals surface area contributed by atoms with Crippen LogP contribution in [0.4, 0.5) is 0 Å². The van der Waals surface area contributed by atoms with E-state index in [1.54, 1.807) is 6.92 Å². The Hall–Kier alpha value is -3.18. The summed E-state index contributed by atoms with van der Waals surface area (Å²) in [7, 11) is 0. The molecule has 1 heterocycles. The number of benzene rings is 2. The van der Waals surface area contributed by atoms with Gasteiger partial charge in [0.15, 0.2) is 6.10 Å². The SMILES string of the molecule is CCOC(Cc1ccc(OC/C=C/c2ccc3ccccc3n2)cc1)C(=O)O. The lowest BCUT2D eigenvalue weighted by atomic mass is 10.1. The number of fused-ring (bicyclic) bond motifs is 1. The second kappa shape index (κ2) is 9.67. The predicted molar refractivity (Wildman–Crippen MR) is 109 cm³/mol. The largest absolute Gasteiger partial charge is 0.490 e. The number of aromatic nitrogens is 1. The number of carboxylic acids is 1. The third-order valence-electron chi connectivity index (χ3n) is 4.24. The van der Waals surface area contributed by atoms with E-state index in [0.29, 0.717) is 19.6 Å². The van der Waals surface area contributed by atoms with Crippen LogP contribution in [0.25, 0.3) is 17.0 Å². The van der Waals surface area contributed by atoms with Crippen LogP contribution in [-0.2, 0) is 16.0 Å². The average molecular weight is 377 g/mol. The first kappa shape index (κ1) is 19.6. The fraction of sp³-hybridized carbons (Fsp3) is 0.217. The smallest absolute Gasteiger partial charge is 0.333 e. The van der Waals surface area contributed by atoms with Crippen LogP contribution in [0, 0.1) is 0 Å². The van der Waals surface area contributed by atoms with Crippen molar-refractivity contribution < 1.29 is 19.4 Å². The second-order valence-corrected chi connectivity index (χ2v) is 6.27. The number of carboxylic acid groups (broad SMARTS) is 1. The number of ether oxygens (including phenoxy) is 2. The van der Waals surface area contributed by atoms with Crippen molar-refractivity contribution in [1.29, 1.82) is 0 Å². The van der Waals surface area contributed by atoms with E-state index in [9.17, 15) is 4.79 Å². The maximum absolute atomic E-state index is 11.2. The molecule has 5 nitrogen and oxygen atoms in total. The third kappa shape index (κ3) is 5.41. The first-order chi connectivity index (χ1) is 13.7. The highest BCUT2D eigenvalue weighted by Crippen LogP contribution is 2.15. The van der Waals surface area contributed by atoms with Crippen molar-refractivity contribution >= 4 is 22.9 Å². The molecule has 2 aromatic carbocycles. The molecule has 28 heavy (non-hydrogen) atoms. The predicted octanol–water partition coefficient (Wildman–Crippen LogP) is 4.36. The number of nitrogens with zero attached hydrogens (tertiary/aromatic N) is 1. The van der Waals surface area contributed by atoms with E-state index in [-0.39, 0.29) is 0 Å². The van der Waals surface area contributed by atoms with E-state index in [1.807, 2.05) is 72.8 Å². The number of hydrogen-bond acceptors (Lipinski definition) is 4. The quantitative estimate of drug-likeness (QED) is 0.600. The normalized spacial score (nSPS) is 12.3. The molecule has 0 radical (unpaired) electrons. The minimum absolute atomic E-state index is 0.330. The molecule has 3 aromatic rings. The van der Waals surface area contributed by atoms with Gasteiger partial charge in [0, 0.05) is 18.4 Å². The van der Waals surface area contributed by atoms with Crippen LogP contribution in [0.1, 0.15) is 18.2 Å². The Bertz CT molecular complexity index is 950. The Morgan fingerprint density at radius 2 is 1.89 bits per heavy atom. The number of rotatable bonds is 9. The van der Waals surface area contributed by atoms with Crippen molar-refractivity contribution in [2.45, 2.75) is 19.4 Å². The van der Waals surface area contributed by atoms with Gasteiger partial charge >= 0.3 is 5.97 Å². The molecule has 0 bridgehead atoms. The van der Waals surface area contributed by atoms with Gasteiger partial charge in [-0.2, -0.15) is 0 Å². The summed E-state index contributed by atoms with van der Waals surface area (Å²) in [6, 6.07) is 19.4. The lowest BCUT2D eigenvalue weighted by Gasteiger charge is -2.12. The number of para-hydroxylation sites is 1. The fourth-order valence-electron chi connectivity index (χ4n) is 2.84. The molecule has 5 heteroatoms. The first-order valence-electron chi connectivity index (χ1n) is 9.24. The minimum Gasteiger partial charge on any atom is -0.490 e. The lowest BCUT2D eigenvalue weighted by molar-refractivity contribution is -0.149. The Morgan fingerprint density at radius 1 is 1.11 bits per heavy atom. The van der Waals surface area contributed by atoms with Gasteiger partial charge in [-0.05, 0) is 48.9 Å². The maximum Gasteiger partial charge on any atom is 0.333 e. The molecule has 0 aliphatic heterocycles. The molecule has 1 N–H and O–H groups in total. The molecule has 1 unspecified atom stereocenters. The molecular formula is C23H23NO4. The molecule has 144 valence electrons. The van der Waals surface area contributed by atoms with Gasteiger partial charge in [-0.15, -0.1) is 0 Å². The van der Waals surface area contributed by atoms with Crippen molar-refractivity contribution in [2.24, 2.45) is 0 Å². The Balaban J connectivity index is 1.52. The highest BCUT2D eigenvalue weighted by atomic mass is 16.5. The monoisotopic (exact) mass is 377 g/mol. The summed E-state index contributed by atoms with van der Waals surface area (Å²) < 4.78 is 10.9. The second-order valence-electron chi connectivity index (χ2n) is 6.27. The van der Waals surface area contributed by atoms with Gasteiger partial charge in [-0.25, -0.2) is 9.78 Å². The topological polar surface area (TPSA) is 68.7 Å². The summed E-state index contributed by atoms with van der Waals surface area (Å²) in [4.78, 5) is 15.7. The van der Waals surface area contributed by atoms with Crippen LogP contribution in [0.3, 0.4) is 0 Å². The molecule has 0 fully saturated rings. The van der Waals surface area contributed by atoms with Gasteiger partial charge in [0.1, 0.15) is 12.4 Å². The minimum atomic E-state index is -0.949. The zero-order valence-electron chi connectivity index (χ0n) is 15.7. The van der Waals surface area contributed by atoms with E-state index in [0.717, 1.165) is 27.9 Å². The van der Waals surface area contributed by atoms with Gasteiger partial charge < -0.3 is 14.6 Å². The van der Waals surface area contributed by atoms with Crippen LogP contribution in [0.2, 0.25) is 0 Å². The molecule has 3 rings (SSSR count). The standard InChI is InChI=1S/C23H23NO4/c1-2-27-22(23(25)26)16-17-9-13-20(14-10-17)28-15-5-7-19-12-11-18-6-3-4-8-21(18)24-19/h3-14,22H,2,15-16H2,1H3,(H,25,26)/b7-5+. The Labute approximate surface area is 164 Å². The summed E-state index contributed by atoms with van der Waals surface area (Å²) in [5, 5.41) is 10.3. The van der Waals surface area contributed by atoms with Crippen LogP contribution in [-0.4, -0.2) is 35.4 Å².